The van der Waals surface area contributed by atoms with Crippen LogP contribution in [0, 0.1) is 5.92 Å². The normalized spacial score (nSPS) is 20.6. The molecular formula is C10H18NO. The van der Waals surface area contributed by atoms with E-state index in [4.69, 9.17) is 4.84 Å². The van der Waals surface area contributed by atoms with E-state index < -0.39 is 0 Å². The van der Waals surface area contributed by atoms with Crippen LogP contribution in [0.2, 0.25) is 0 Å². The molecule has 0 heterocycles. The van der Waals surface area contributed by atoms with Crippen LogP contribution < -0.4 is 0 Å². The summed E-state index contributed by atoms with van der Waals surface area (Å²) in [6.07, 6.45) is 8.15. The van der Waals surface area contributed by atoms with Gasteiger partial charge in [0, 0.05) is 5.92 Å². The van der Waals surface area contributed by atoms with Gasteiger partial charge in [0.1, 0.15) is 11.8 Å². The van der Waals surface area contributed by atoms with Gasteiger partial charge in [-0.3, -0.25) is 0 Å². The van der Waals surface area contributed by atoms with E-state index in [0.717, 1.165) is 0 Å². The lowest BCUT2D eigenvalue weighted by atomic mass is 10.1. The molecule has 0 aliphatic heterocycles. The maximum Gasteiger partial charge on any atom is 0.129 e. The molecule has 0 atom stereocenters. The Bertz CT molecular complexity index is 152. The quantitative estimate of drug-likeness (QED) is 0.459. The lowest BCUT2D eigenvalue weighted by Gasteiger charge is -2.15. The van der Waals surface area contributed by atoms with Crippen LogP contribution in [0.25, 0.3) is 0 Å². The first-order chi connectivity index (χ1) is 5.58. The van der Waals surface area contributed by atoms with E-state index in [1.165, 1.54) is 25.7 Å². The second-order valence-corrected chi connectivity index (χ2v) is 4.41. The third kappa shape index (κ3) is 3.74. The highest BCUT2D eigenvalue weighted by Gasteiger charge is 2.14. The first-order valence-electron chi connectivity index (χ1n) is 4.72. The lowest BCUT2D eigenvalue weighted by molar-refractivity contribution is 0.00117. The summed E-state index contributed by atoms with van der Waals surface area (Å²) in [7, 11) is 0. The fraction of sp³-hybridized carbons (Fsp3) is 0.900. The van der Waals surface area contributed by atoms with Crippen molar-refractivity contribution >= 4 is 6.21 Å². The summed E-state index contributed by atoms with van der Waals surface area (Å²) in [5, 5.41) is 3.87. The largest absolute Gasteiger partial charge is 0.390 e. The Morgan fingerprint density at radius 1 is 1.25 bits per heavy atom. The molecular weight excluding hydrogens is 150 g/mol. The summed E-state index contributed by atoms with van der Waals surface area (Å²) >= 11 is 0. The topological polar surface area (TPSA) is 21.6 Å². The summed E-state index contributed by atoms with van der Waals surface area (Å²) in [5.41, 5.74) is -0.175. The lowest BCUT2D eigenvalue weighted by Crippen LogP contribution is -2.15. The van der Waals surface area contributed by atoms with Gasteiger partial charge in [-0.15, -0.1) is 0 Å². The summed E-state index contributed by atoms with van der Waals surface area (Å²) in [5.74, 6) is 0.548. The molecule has 1 aliphatic rings. The Morgan fingerprint density at radius 2 is 1.83 bits per heavy atom. The summed E-state index contributed by atoms with van der Waals surface area (Å²) < 4.78 is 0. The number of nitrogens with zero attached hydrogens (tertiary/aromatic N) is 1. The van der Waals surface area contributed by atoms with Crippen LogP contribution in [0.3, 0.4) is 0 Å². The number of rotatable bonds is 2. The van der Waals surface area contributed by atoms with Crippen LogP contribution >= 0.6 is 0 Å². The first kappa shape index (κ1) is 9.56. The maximum atomic E-state index is 5.21. The second kappa shape index (κ2) is 3.92. The van der Waals surface area contributed by atoms with Gasteiger partial charge >= 0.3 is 0 Å². The minimum atomic E-state index is -0.175. The zero-order valence-corrected chi connectivity index (χ0v) is 8.26. The Balaban J connectivity index is 2.21. The van der Waals surface area contributed by atoms with Crippen molar-refractivity contribution in [3.8, 4) is 0 Å². The molecule has 0 amide bonds. The standard InChI is InChI=1S/C10H18NO/c1-10(2,3)12-11-8-9-6-4-5-7-9/h9H,4-7H2,1-3H3. The zero-order chi connectivity index (χ0) is 9.03. The fourth-order valence-corrected chi connectivity index (χ4v) is 1.29. The second-order valence-electron chi connectivity index (χ2n) is 4.41. The highest BCUT2D eigenvalue weighted by Crippen LogP contribution is 2.23. The molecule has 0 N–H and O–H groups in total. The van der Waals surface area contributed by atoms with Gasteiger partial charge in [-0.25, -0.2) is 0 Å². The van der Waals surface area contributed by atoms with Gasteiger partial charge in [0.2, 0.25) is 0 Å². The predicted octanol–water partition coefficient (Wildman–Crippen LogP) is 2.85. The summed E-state index contributed by atoms with van der Waals surface area (Å²) in [4.78, 5) is 5.21. The molecule has 1 aliphatic carbocycles. The molecule has 1 radical (unpaired) electrons. The summed E-state index contributed by atoms with van der Waals surface area (Å²) in [6, 6.07) is 0. The Morgan fingerprint density at radius 3 is 2.33 bits per heavy atom. The van der Waals surface area contributed by atoms with Gasteiger partial charge in [-0.1, -0.05) is 18.0 Å². The molecule has 12 heavy (non-hydrogen) atoms. The number of hydrogen-bond acceptors (Lipinski definition) is 2. The van der Waals surface area contributed by atoms with E-state index in [0.29, 0.717) is 5.92 Å². The minimum Gasteiger partial charge on any atom is -0.390 e. The SMILES string of the molecule is CC(C)(C)O/N=[C]/C1CCCC1. The molecule has 0 spiro atoms. The van der Waals surface area contributed by atoms with Gasteiger partial charge in [0.25, 0.3) is 0 Å². The van der Waals surface area contributed by atoms with E-state index in [-0.39, 0.29) is 5.60 Å². The van der Waals surface area contributed by atoms with Crippen LogP contribution in [0.1, 0.15) is 46.5 Å². The molecule has 0 saturated heterocycles. The van der Waals surface area contributed by atoms with Crippen molar-refractivity contribution in [1.29, 1.82) is 0 Å². The molecule has 0 aromatic heterocycles. The predicted molar refractivity (Wildman–Crippen MR) is 50.2 cm³/mol. The molecule has 0 unspecified atom stereocenters. The van der Waals surface area contributed by atoms with Crippen LogP contribution in [0.15, 0.2) is 5.16 Å². The van der Waals surface area contributed by atoms with Crippen molar-refractivity contribution in [2.75, 3.05) is 0 Å². The van der Waals surface area contributed by atoms with Gasteiger partial charge in [0.05, 0.1) is 0 Å². The molecule has 1 saturated carbocycles. The molecule has 2 heteroatoms. The van der Waals surface area contributed by atoms with Gasteiger partial charge in [-0.2, -0.15) is 0 Å². The molecule has 0 bridgehead atoms. The smallest absolute Gasteiger partial charge is 0.129 e. The van der Waals surface area contributed by atoms with E-state index >= 15 is 0 Å². The Kier molecular flexibility index (Phi) is 3.12. The van der Waals surface area contributed by atoms with Crippen molar-refractivity contribution in [3.05, 3.63) is 0 Å². The Hall–Kier alpha value is -0.530. The summed E-state index contributed by atoms with van der Waals surface area (Å²) in [6.45, 7) is 5.98. The highest BCUT2D eigenvalue weighted by molar-refractivity contribution is 5.60. The molecule has 2 nitrogen and oxygen atoms in total. The first-order valence-corrected chi connectivity index (χ1v) is 4.72. The van der Waals surface area contributed by atoms with Crippen LogP contribution in [0.5, 0.6) is 0 Å². The molecule has 69 valence electrons. The third-order valence-corrected chi connectivity index (χ3v) is 1.91. The third-order valence-electron chi connectivity index (χ3n) is 1.91. The van der Waals surface area contributed by atoms with Crippen molar-refractivity contribution in [2.45, 2.75) is 52.1 Å². The van der Waals surface area contributed by atoms with Crippen molar-refractivity contribution in [3.63, 3.8) is 0 Å². The van der Waals surface area contributed by atoms with Crippen molar-refractivity contribution < 1.29 is 4.84 Å². The van der Waals surface area contributed by atoms with Crippen LogP contribution in [-0.2, 0) is 4.84 Å². The molecule has 0 aromatic rings. The van der Waals surface area contributed by atoms with Crippen molar-refractivity contribution in [1.82, 2.24) is 0 Å². The van der Waals surface area contributed by atoms with Crippen LogP contribution in [-0.4, -0.2) is 11.8 Å². The average molecular weight is 168 g/mol. The maximum absolute atomic E-state index is 5.21. The molecule has 1 rings (SSSR count). The van der Waals surface area contributed by atoms with Gasteiger partial charge in [-0.05, 0) is 33.6 Å². The van der Waals surface area contributed by atoms with Gasteiger partial charge in [0.15, 0.2) is 0 Å². The monoisotopic (exact) mass is 168 g/mol. The fourth-order valence-electron chi connectivity index (χ4n) is 1.29. The zero-order valence-electron chi connectivity index (χ0n) is 8.26. The molecule has 1 fully saturated rings. The van der Waals surface area contributed by atoms with E-state index in [1.54, 1.807) is 0 Å². The highest BCUT2D eigenvalue weighted by atomic mass is 16.6. The van der Waals surface area contributed by atoms with E-state index in [1.807, 2.05) is 20.8 Å². The minimum absolute atomic E-state index is 0.175. The van der Waals surface area contributed by atoms with Crippen LogP contribution in [0.4, 0.5) is 0 Å². The average Bonchev–Trinajstić information content (AvgIpc) is 2.36. The number of hydrogen-bond donors (Lipinski definition) is 0. The van der Waals surface area contributed by atoms with E-state index in [2.05, 4.69) is 11.4 Å². The molecule has 0 aromatic carbocycles. The van der Waals surface area contributed by atoms with E-state index in [9.17, 15) is 0 Å². The van der Waals surface area contributed by atoms with Gasteiger partial charge < -0.3 is 4.84 Å². The Labute approximate surface area is 75.0 Å². The van der Waals surface area contributed by atoms with Crippen molar-refractivity contribution in [2.24, 2.45) is 11.1 Å².